The zero-order chi connectivity index (χ0) is 27.1. The van der Waals surface area contributed by atoms with Gasteiger partial charge in [0.1, 0.15) is 5.75 Å². The van der Waals surface area contributed by atoms with Crippen molar-refractivity contribution in [3.8, 4) is 5.75 Å². The van der Waals surface area contributed by atoms with E-state index < -0.39 is 17.8 Å². The molecular weight excluding hydrogens is 513 g/mol. The molecule has 2 N–H and O–H groups in total. The van der Waals surface area contributed by atoms with Gasteiger partial charge in [-0.2, -0.15) is 13.2 Å². The minimum absolute atomic E-state index is 0.118. The summed E-state index contributed by atoms with van der Waals surface area (Å²) in [5.74, 6) is 2.05. The predicted octanol–water partition coefficient (Wildman–Crippen LogP) is 6.19. The van der Waals surface area contributed by atoms with Crippen LogP contribution in [0.3, 0.4) is 0 Å². The second-order valence-corrected chi connectivity index (χ2v) is 11.1. The third-order valence-electron chi connectivity index (χ3n) is 7.43. The van der Waals surface area contributed by atoms with Crippen LogP contribution in [0.2, 0.25) is 0 Å². The van der Waals surface area contributed by atoms with Crippen molar-refractivity contribution in [1.82, 2.24) is 9.88 Å². The monoisotopic (exact) mass is 548 g/mol. The number of piperidine rings is 1. The maximum Gasteiger partial charge on any atom is 0.416 e. The number of nitrogens with zero attached hydrogens (tertiary/aromatic N) is 2. The highest BCUT2D eigenvalue weighted by Gasteiger charge is 2.30. The Hall–Kier alpha value is -2.33. The molecule has 0 spiro atoms. The molecule has 1 saturated heterocycles. The fraction of sp³-hybridized carbons (Fsp3) is 0.483. The first kappa shape index (κ1) is 28.7. The van der Waals surface area contributed by atoms with Crippen LogP contribution >= 0.6 is 11.8 Å². The molecule has 1 aromatic heterocycles. The minimum atomic E-state index is -4.31. The number of aliphatic hydroxyl groups is 2. The van der Waals surface area contributed by atoms with Crippen molar-refractivity contribution in [1.29, 1.82) is 0 Å². The predicted molar refractivity (Wildman–Crippen MR) is 144 cm³/mol. The minimum Gasteiger partial charge on any atom is -0.497 e. The van der Waals surface area contributed by atoms with Crippen LogP contribution in [0.5, 0.6) is 5.75 Å². The lowest BCUT2D eigenvalue weighted by Gasteiger charge is -2.38. The first-order valence-corrected chi connectivity index (χ1v) is 14.0. The lowest BCUT2D eigenvalue weighted by molar-refractivity contribution is -0.137. The van der Waals surface area contributed by atoms with Gasteiger partial charge in [-0.15, -0.1) is 11.8 Å². The van der Waals surface area contributed by atoms with E-state index in [2.05, 4.69) is 9.88 Å². The highest BCUT2D eigenvalue weighted by molar-refractivity contribution is 7.99. The molecule has 3 atom stereocenters. The van der Waals surface area contributed by atoms with Crippen molar-refractivity contribution in [2.75, 3.05) is 39.1 Å². The Bertz CT molecular complexity index is 1180. The molecule has 0 aliphatic carbocycles. The summed E-state index contributed by atoms with van der Waals surface area (Å²) in [4.78, 5) is 7.60. The van der Waals surface area contributed by atoms with E-state index in [1.807, 2.05) is 24.3 Å². The average molecular weight is 549 g/mol. The highest BCUT2D eigenvalue weighted by atomic mass is 32.2. The lowest BCUT2D eigenvalue weighted by Crippen LogP contribution is -2.42. The van der Waals surface area contributed by atoms with E-state index in [0.717, 1.165) is 83.9 Å². The standard InChI is InChI=1S/C29H35F3N2O3S/c1-37-23-6-9-27-26(17-23)25(11-13-33-27)28(36)10-3-20-12-15-34(18-21(20)19-35)14-2-16-38-24-7-4-22(5-8-24)29(30,31)32/h4-9,11,13,17,20-21,28,35-36H,2-3,10,12,14-16,18-19H2,1H3/t20-,21-,28?/m1/s1. The maximum absolute atomic E-state index is 12.7. The van der Waals surface area contributed by atoms with Crippen LogP contribution in [-0.2, 0) is 6.18 Å². The van der Waals surface area contributed by atoms with Gasteiger partial charge in [-0.1, -0.05) is 0 Å². The molecule has 4 rings (SSSR count). The summed E-state index contributed by atoms with van der Waals surface area (Å²) in [6, 6.07) is 12.8. The second-order valence-electron chi connectivity index (χ2n) is 9.89. The number of alkyl halides is 3. The summed E-state index contributed by atoms with van der Waals surface area (Å²) in [5, 5.41) is 22.0. The summed E-state index contributed by atoms with van der Waals surface area (Å²) in [7, 11) is 1.62. The van der Waals surface area contributed by atoms with Gasteiger partial charge in [0.2, 0.25) is 0 Å². The van der Waals surface area contributed by atoms with Crippen LogP contribution in [0.25, 0.3) is 10.9 Å². The van der Waals surface area contributed by atoms with E-state index in [1.165, 1.54) is 12.1 Å². The van der Waals surface area contributed by atoms with Crippen molar-refractivity contribution >= 4 is 22.7 Å². The smallest absolute Gasteiger partial charge is 0.416 e. The van der Waals surface area contributed by atoms with Crippen molar-refractivity contribution in [3.05, 3.63) is 65.9 Å². The SMILES string of the molecule is COc1ccc2nccc(C(O)CC[C@@H]3CCN(CCCSc4ccc(C(F)(F)F)cc4)C[C@@H]3CO)c2c1. The first-order valence-electron chi connectivity index (χ1n) is 13.0. The van der Waals surface area contributed by atoms with Gasteiger partial charge in [0, 0.05) is 29.6 Å². The molecule has 1 unspecified atom stereocenters. The largest absolute Gasteiger partial charge is 0.497 e. The van der Waals surface area contributed by atoms with E-state index in [-0.39, 0.29) is 12.5 Å². The Morgan fingerprint density at radius 3 is 2.63 bits per heavy atom. The molecule has 0 bridgehead atoms. The zero-order valence-corrected chi connectivity index (χ0v) is 22.3. The fourth-order valence-electron chi connectivity index (χ4n) is 5.26. The highest BCUT2D eigenvalue weighted by Crippen LogP contribution is 2.34. The number of pyridine rings is 1. The van der Waals surface area contributed by atoms with Gasteiger partial charge in [0.15, 0.2) is 0 Å². The number of aromatic nitrogens is 1. The number of likely N-dealkylation sites (tertiary alicyclic amines) is 1. The van der Waals surface area contributed by atoms with Gasteiger partial charge in [0.25, 0.3) is 0 Å². The molecule has 3 aromatic rings. The number of ether oxygens (including phenoxy) is 1. The van der Waals surface area contributed by atoms with E-state index in [4.69, 9.17) is 4.74 Å². The van der Waals surface area contributed by atoms with E-state index in [0.29, 0.717) is 12.3 Å². The van der Waals surface area contributed by atoms with Gasteiger partial charge >= 0.3 is 6.18 Å². The molecule has 2 aromatic carbocycles. The molecule has 0 saturated carbocycles. The molecule has 9 heteroatoms. The number of hydrogen-bond acceptors (Lipinski definition) is 6. The van der Waals surface area contributed by atoms with Crippen molar-refractivity contribution in [3.63, 3.8) is 0 Å². The number of hydrogen-bond donors (Lipinski definition) is 2. The number of rotatable bonds is 11. The second kappa shape index (κ2) is 13.2. The van der Waals surface area contributed by atoms with Crippen LogP contribution in [0, 0.1) is 11.8 Å². The number of aliphatic hydroxyl groups excluding tert-OH is 2. The van der Waals surface area contributed by atoms with Crippen LogP contribution in [0.1, 0.15) is 42.9 Å². The molecule has 0 radical (unpaired) electrons. The number of benzene rings is 2. The Balaban J connectivity index is 1.23. The molecule has 38 heavy (non-hydrogen) atoms. The third-order valence-corrected chi connectivity index (χ3v) is 8.53. The molecule has 1 fully saturated rings. The number of thioether (sulfide) groups is 1. The Morgan fingerprint density at radius 2 is 1.92 bits per heavy atom. The summed E-state index contributed by atoms with van der Waals surface area (Å²) >= 11 is 1.56. The molecule has 1 aliphatic rings. The first-order chi connectivity index (χ1) is 18.3. The van der Waals surface area contributed by atoms with Crippen LogP contribution < -0.4 is 4.74 Å². The van der Waals surface area contributed by atoms with Gasteiger partial charge in [-0.25, -0.2) is 0 Å². The quantitative estimate of drug-likeness (QED) is 0.220. The zero-order valence-electron chi connectivity index (χ0n) is 21.5. The van der Waals surface area contributed by atoms with E-state index >= 15 is 0 Å². The Labute approximate surface area is 226 Å². The number of methoxy groups -OCH3 is 1. The number of halogens is 3. The summed E-state index contributed by atoms with van der Waals surface area (Å²) in [5.41, 5.74) is 1.04. The average Bonchev–Trinajstić information content (AvgIpc) is 2.93. The topological polar surface area (TPSA) is 65.8 Å². The van der Waals surface area contributed by atoms with Crippen molar-refractivity contribution in [2.45, 2.75) is 42.9 Å². The van der Waals surface area contributed by atoms with Crippen LogP contribution in [0.4, 0.5) is 13.2 Å². The van der Waals surface area contributed by atoms with Crippen LogP contribution in [-0.4, -0.2) is 59.2 Å². The maximum atomic E-state index is 12.7. The normalized spacial score (nSPS) is 19.5. The van der Waals surface area contributed by atoms with Gasteiger partial charge in [-0.3, -0.25) is 4.98 Å². The van der Waals surface area contributed by atoms with Crippen molar-refractivity contribution in [2.24, 2.45) is 11.8 Å². The Morgan fingerprint density at radius 1 is 1.13 bits per heavy atom. The van der Waals surface area contributed by atoms with Gasteiger partial charge < -0.3 is 19.8 Å². The molecule has 5 nitrogen and oxygen atoms in total. The Kier molecular flexibility index (Phi) is 9.92. The van der Waals surface area contributed by atoms with Crippen molar-refractivity contribution < 1.29 is 28.1 Å². The summed E-state index contributed by atoms with van der Waals surface area (Å²) < 4.78 is 43.5. The summed E-state index contributed by atoms with van der Waals surface area (Å²) in [6.45, 7) is 2.77. The summed E-state index contributed by atoms with van der Waals surface area (Å²) in [6.07, 6.45) is 0.128. The van der Waals surface area contributed by atoms with E-state index in [9.17, 15) is 23.4 Å². The lowest BCUT2D eigenvalue weighted by atomic mass is 9.81. The van der Waals surface area contributed by atoms with Crippen LogP contribution in [0.15, 0.2) is 59.6 Å². The molecule has 0 amide bonds. The molecule has 206 valence electrons. The fourth-order valence-corrected chi connectivity index (χ4v) is 6.09. The molecule has 2 heterocycles. The molecule has 1 aliphatic heterocycles. The molecular formula is C29H35F3N2O3S. The van der Waals surface area contributed by atoms with Gasteiger partial charge in [0.05, 0.1) is 24.3 Å². The third kappa shape index (κ3) is 7.40. The van der Waals surface area contributed by atoms with E-state index in [1.54, 1.807) is 25.1 Å². The van der Waals surface area contributed by atoms with Gasteiger partial charge in [-0.05, 0) is 110 Å². The number of fused-ring (bicyclic) bond motifs is 1.